The van der Waals surface area contributed by atoms with E-state index in [1.807, 2.05) is 0 Å². The minimum Gasteiger partial charge on any atom is -0.480 e. The highest BCUT2D eigenvalue weighted by atomic mass is 32.2. The van der Waals surface area contributed by atoms with Crippen molar-refractivity contribution in [3.05, 3.63) is 0 Å². The Labute approximate surface area is 85.2 Å². The maximum atomic E-state index is 10.9. The number of carbonyl (C=O) groups excluding carboxylic acids is 2. The lowest BCUT2D eigenvalue weighted by Crippen LogP contribution is -2.34. The molecule has 2 amide bonds. The summed E-state index contributed by atoms with van der Waals surface area (Å²) in [6, 6.07) is -0.981. The number of nitrogens with one attached hydrogen (secondary N) is 1. The third-order valence-electron chi connectivity index (χ3n) is 1.16. The standard InChI is InChI=1S/C7H12N2O4S/c1-4(10)9-6(11)3-14-2-5(8)7(12)13/h5H,2-3,8H2,1H3,(H,12,13)(H,9,10,11). The van der Waals surface area contributed by atoms with Crippen molar-refractivity contribution in [2.45, 2.75) is 13.0 Å². The Bertz CT molecular complexity index is 244. The first-order valence-corrected chi connectivity index (χ1v) is 4.95. The van der Waals surface area contributed by atoms with Gasteiger partial charge in [-0.2, -0.15) is 0 Å². The van der Waals surface area contributed by atoms with Crippen LogP contribution in [-0.4, -0.2) is 40.4 Å². The second-order valence-corrected chi connectivity index (χ2v) is 3.59. The summed E-state index contributed by atoms with van der Waals surface area (Å²) in [7, 11) is 0. The van der Waals surface area contributed by atoms with E-state index < -0.39 is 23.8 Å². The van der Waals surface area contributed by atoms with Crippen molar-refractivity contribution in [1.82, 2.24) is 5.32 Å². The van der Waals surface area contributed by atoms with Crippen LogP contribution in [0.25, 0.3) is 0 Å². The molecule has 0 aliphatic carbocycles. The summed E-state index contributed by atoms with van der Waals surface area (Å²) in [6.45, 7) is 1.23. The fraction of sp³-hybridized carbons (Fsp3) is 0.571. The summed E-state index contributed by atoms with van der Waals surface area (Å²) in [5.74, 6) is -1.82. The minimum atomic E-state index is -1.11. The van der Waals surface area contributed by atoms with E-state index in [9.17, 15) is 14.4 Å². The minimum absolute atomic E-state index is 0.0283. The Morgan fingerprint density at radius 2 is 2.07 bits per heavy atom. The molecule has 0 aromatic heterocycles. The largest absolute Gasteiger partial charge is 0.480 e. The van der Waals surface area contributed by atoms with Crippen molar-refractivity contribution in [1.29, 1.82) is 0 Å². The first kappa shape index (κ1) is 12.9. The molecular weight excluding hydrogens is 208 g/mol. The molecule has 1 unspecified atom stereocenters. The molecule has 0 rings (SSSR count). The summed E-state index contributed by atoms with van der Waals surface area (Å²) >= 11 is 1.07. The van der Waals surface area contributed by atoms with Crippen LogP contribution in [0.1, 0.15) is 6.92 Å². The molecule has 80 valence electrons. The van der Waals surface area contributed by atoms with Gasteiger partial charge in [0, 0.05) is 12.7 Å². The quantitative estimate of drug-likeness (QED) is 0.536. The van der Waals surface area contributed by atoms with Gasteiger partial charge in [0.2, 0.25) is 11.8 Å². The first-order chi connectivity index (χ1) is 6.43. The maximum absolute atomic E-state index is 10.9. The topological polar surface area (TPSA) is 109 Å². The fourth-order valence-corrected chi connectivity index (χ4v) is 1.35. The molecule has 0 saturated carbocycles. The van der Waals surface area contributed by atoms with E-state index in [1.165, 1.54) is 6.92 Å². The highest BCUT2D eigenvalue weighted by molar-refractivity contribution is 8.00. The molecular formula is C7H12N2O4S. The van der Waals surface area contributed by atoms with E-state index in [2.05, 4.69) is 5.32 Å². The molecule has 6 nitrogen and oxygen atoms in total. The van der Waals surface area contributed by atoms with Gasteiger partial charge in [-0.1, -0.05) is 0 Å². The van der Waals surface area contributed by atoms with Crippen LogP contribution in [-0.2, 0) is 14.4 Å². The number of aliphatic carboxylic acids is 1. The molecule has 14 heavy (non-hydrogen) atoms. The average Bonchev–Trinajstić information content (AvgIpc) is 2.02. The Kier molecular flexibility index (Phi) is 5.89. The highest BCUT2D eigenvalue weighted by Gasteiger charge is 2.12. The normalized spacial score (nSPS) is 11.9. The van der Waals surface area contributed by atoms with E-state index in [4.69, 9.17) is 10.8 Å². The number of carboxylic acid groups (broad SMARTS) is 1. The van der Waals surface area contributed by atoms with Gasteiger partial charge in [-0.3, -0.25) is 19.7 Å². The van der Waals surface area contributed by atoms with Crippen molar-refractivity contribution in [3.63, 3.8) is 0 Å². The van der Waals surface area contributed by atoms with Gasteiger partial charge in [-0.05, 0) is 0 Å². The Balaban J connectivity index is 3.59. The lowest BCUT2D eigenvalue weighted by molar-refractivity contribution is -0.138. The van der Waals surface area contributed by atoms with Crippen molar-refractivity contribution < 1.29 is 19.5 Å². The van der Waals surface area contributed by atoms with Crippen LogP contribution >= 0.6 is 11.8 Å². The predicted molar refractivity (Wildman–Crippen MR) is 51.8 cm³/mol. The van der Waals surface area contributed by atoms with Crippen LogP contribution in [0.3, 0.4) is 0 Å². The maximum Gasteiger partial charge on any atom is 0.321 e. The van der Waals surface area contributed by atoms with Gasteiger partial charge in [0.1, 0.15) is 6.04 Å². The lowest BCUT2D eigenvalue weighted by atomic mass is 10.4. The van der Waals surface area contributed by atoms with Crippen LogP contribution in [0, 0.1) is 0 Å². The Morgan fingerprint density at radius 3 is 2.50 bits per heavy atom. The molecule has 0 aliphatic heterocycles. The number of rotatable bonds is 5. The van der Waals surface area contributed by atoms with Gasteiger partial charge >= 0.3 is 5.97 Å². The van der Waals surface area contributed by atoms with Gasteiger partial charge in [0.25, 0.3) is 0 Å². The first-order valence-electron chi connectivity index (χ1n) is 3.80. The van der Waals surface area contributed by atoms with Crippen molar-refractivity contribution in [2.75, 3.05) is 11.5 Å². The molecule has 0 radical (unpaired) electrons. The van der Waals surface area contributed by atoms with Crippen molar-refractivity contribution in [3.8, 4) is 0 Å². The van der Waals surface area contributed by atoms with E-state index in [0.29, 0.717) is 0 Å². The molecule has 0 heterocycles. The predicted octanol–water partition coefficient (Wildman–Crippen LogP) is -1.21. The molecule has 7 heteroatoms. The van der Waals surface area contributed by atoms with E-state index in [1.54, 1.807) is 0 Å². The molecule has 4 N–H and O–H groups in total. The molecule has 0 aliphatic rings. The number of carbonyl (C=O) groups is 3. The number of nitrogens with two attached hydrogens (primary N) is 1. The van der Waals surface area contributed by atoms with Crippen LogP contribution in [0.2, 0.25) is 0 Å². The van der Waals surface area contributed by atoms with E-state index in [0.717, 1.165) is 11.8 Å². The van der Waals surface area contributed by atoms with Crippen LogP contribution in [0.15, 0.2) is 0 Å². The SMILES string of the molecule is CC(=O)NC(=O)CSCC(N)C(=O)O. The summed E-state index contributed by atoms with van der Waals surface area (Å²) in [6.07, 6.45) is 0. The molecule has 0 bridgehead atoms. The Hall–Kier alpha value is -1.08. The number of hydrogen-bond acceptors (Lipinski definition) is 5. The smallest absolute Gasteiger partial charge is 0.321 e. The summed E-state index contributed by atoms with van der Waals surface area (Å²) in [4.78, 5) is 31.5. The van der Waals surface area contributed by atoms with Gasteiger partial charge in [0.05, 0.1) is 5.75 Å². The van der Waals surface area contributed by atoms with Gasteiger partial charge < -0.3 is 10.8 Å². The zero-order valence-electron chi connectivity index (χ0n) is 7.65. The van der Waals surface area contributed by atoms with E-state index in [-0.39, 0.29) is 11.5 Å². The zero-order chi connectivity index (χ0) is 11.1. The number of imide groups is 1. The summed E-state index contributed by atoms with van der Waals surface area (Å²) in [5, 5.41) is 10.5. The second kappa shape index (κ2) is 6.39. The molecule has 0 aromatic carbocycles. The van der Waals surface area contributed by atoms with Crippen LogP contribution in [0.5, 0.6) is 0 Å². The monoisotopic (exact) mass is 220 g/mol. The van der Waals surface area contributed by atoms with Gasteiger partial charge in [-0.15, -0.1) is 11.8 Å². The number of carboxylic acids is 1. The third-order valence-corrected chi connectivity index (χ3v) is 2.22. The zero-order valence-corrected chi connectivity index (χ0v) is 8.47. The van der Waals surface area contributed by atoms with Crippen molar-refractivity contribution >= 4 is 29.5 Å². The van der Waals surface area contributed by atoms with Crippen LogP contribution < -0.4 is 11.1 Å². The second-order valence-electron chi connectivity index (χ2n) is 2.56. The molecule has 0 saturated heterocycles. The van der Waals surface area contributed by atoms with Crippen LogP contribution in [0.4, 0.5) is 0 Å². The van der Waals surface area contributed by atoms with Gasteiger partial charge in [0.15, 0.2) is 0 Å². The average molecular weight is 220 g/mol. The Morgan fingerprint density at radius 1 is 1.50 bits per heavy atom. The highest BCUT2D eigenvalue weighted by Crippen LogP contribution is 2.01. The molecule has 0 aromatic rings. The number of amides is 2. The van der Waals surface area contributed by atoms with E-state index >= 15 is 0 Å². The number of thioether (sulfide) groups is 1. The molecule has 0 spiro atoms. The van der Waals surface area contributed by atoms with Crippen molar-refractivity contribution in [2.24, 2.45) is 5.73 Å². The fourth-order valence-electron chi connectivity index (χ4n) is 0.582. The number of hydrogen-bond donors (Lipinski definition) is 3. The third kappa shape index (κ3) is 6.44. The summed E-state index contributed by atoms with van der Waals surface area (Å²) < 4.78 is 0. The van der Waals surface area contributed by atoms with Gasteiger partial charge in [-0.25, -0.2) is 0 Å². The lowest BCUT2D eigenvalue weighted by Gasteiger charge is -2.05. The molecule has 0 fully saturated rings. The summed E-state index contributed by atoms with van der Waals surface area (Å²) in [5.41, 5.74) is 5.18. The molecule has 1 atom stereocenters.